The van der Waals surface area contributed by atoms with Gasteiger partial charge in [-0.3, -0.25) is 14.2 Å². The maximum Gasteiger partial charge on any atom is 0.279 e. The van der Waals surface area contributed by atoms with Gasteiger partial charge in [-0.2, -0.15) is 4.98 Å². The Morgan fingerprint density at radius 3 is 2.65 bits per heavy atom. The van der Waals surface area contributed by atoms with Gasteiger partial charge in [-0.15, -0.1) is 0 Å². The van der Waals surface area contributed by atoms with Crippen LogP contribution >= 0.6 is 0 Å². The molecule has 162 valence electrons. The van der Waals surface area contributed by atoms with Crippen LogP contribution in [-0.2, 0) is 4.74 Å². The molecular weight excluding hydrogens is 400 g/mol. The molecule has 1 fully saturated rings. The summed E-state index contributed by atoms with van der Waals surface area (Å²) in [6, 6.07) is 4.75. The summed E-state index contributed by atoms with van der Waals surface area (Å²) >= 11 is 0. The van der Waals surface area contributed by atoms with E-state index in [-0.39, 0.29) is 11.5 Å². The van der Waals surface area contributed by atoms with E-state index in [9.17, 15) is 9.59 Å². The number of nitrogens with zero attached hydrogens (tertiary/aromatic N) is 5. The highest BCUT2D eigenvalue weighted by atomic mass is 16.5. The topological polar surface area (TPSA) is 115 Å². The van der Waals surface area contributed by atoms with Crippen LogP contribution in [0.25, 0.3) is 5.82 Å². The van der Waals surface area contributed by atoms with E-state index in [4.69, 9.17) is 9.26 Å². The van der Waals surface area contributed by atoms with Crippen LogP contribution in [0.2, 0.25) is 0 Å². The molecule has 1 amide bonds. The largest absolute Gasteiger partial charge is 0.378 e. The van der Waals surface area contributed by atoms with Crippen molar-refractivity contribution in [2.75, 3.05) is 31.2 Å². The second-order valence-corrected chi connectivity index (χ2v) is 7.46. The summed E-state index contributed by atoms with van der Waals surface area (Å²) in [5.74, 6) is 0.886. The van der Waals surface area contributed by atoms with E-state index in [0.29, 0.717) is 55.1 Å². The molecule has 0 unspecified atom stereocenters. The fourth-order valence-electron chi connectivity index (χ4n) is 3.33. The monoisotopic (exact) mass is 424 g/mol. The molecule has 1 N–H and O–H groups in total. The zero-order valence-corrected chi connectivity index (χ0v) is 17.7. The SMILES string of the molecule is Cc1ccc(-n2cc(C(=O)N[C@H](C)c3nc(C)no3)cc(N3CCOCC3)c2=O)nc1. The number of aromatic nitrogens is 4. The molecule has 3 aromatic rings. The van der Waals surface area contributed by atoms with Gasteiger partial charge in [-0.05, 0) is 38.5 Å². The Morgan fingerprint density at radius 2 is 2.00 bits per heavy atom. The van der Waals surface area contributed by atoms with E-state index in [0.717, 1.165) is 5.56 Å². The predicted octanol–water partition coefficient (Wildman–Crippen LogP) is 1.56. The second-order valence-electron chi connectivity index (χ2n) is 7.46. The molecule has 4 heterocycles. The molecule has 3 aromatic heterocycles. The van der Waals surface area contributed by atoms with Crippen molar-refractivity contribution in [3.05, 3.63) is 63.8 Å². The number of carbonyl (C=O) groups is 1. The fraction of sp³-hybridized carbons (Fsp3) is 0.381. The summed E-state index contributed by atoms with van der Waals surface area (Å²) in [7, 11) is 0. The van der Waals surface area contributed by atoms with E-state index in [1.54, 1.807) is 32.2 Å². The molecule has 31 heavy (non-hydrogen) atoms. The third kappa shape index (κ3) is 4.48. The minimum Gasteiger partial charge on any atom is -0.378 e. The van der Waals surface area contributed by atoms with Gasteiger partial charge < -0.3 is 19.5 Å². The first-order valence-electron chi connectivity index (χ1n) is 10.1. The molecule has 0 bridgehead atoms. The van der Waals surface area contributed by atoms with Crippen LogP contribution in [0.4, 0.5) is 5.69 Å². The minimum atomic E-state index is -0.488. The quantitative estimate of drug-likeness (QED) is 0.656. The highest BCUT2D eigenvalue weighted by Crippen LogP contribution is 2.17. The van der Waals surface area contributed by atoms with Gasteiger partial charge in [-0.25, -0.2) is 4.98 Å². The lowest BCUT2D eigenvalue weighted by Gasteiger charge is -2.29. The Balaban J connectivity index is 1.72. The summed E-state index contributed by atoms with van der Waals surface area (Å²) in [5.41, 5.74) is 1.49. The summed E-state index contributed by atoms with van der Waals surface area (Å²) in [5, 5.41) is 6.60. The van der Waals surface area contributed by atoms with Crippen molar-refractivity contribution in [2.45, 2.75) is 26.8 Å². The third-order valence-corrected chi connectivity index (χ3v) is 5.02. The van der Waals surface area contributed by atoms with Crippen LogP contribution in [0.3, 0.4) is 0 Å². The molecule has 0 aromatic carbocycles. The molecule has 4 rings (SSSR count). The van der Waals surface area contributed by atoms with Crippen LogP contribution < -0.4 is 15.8 Å². The van der Waals surface area contributed by atoms with E-state index in [1.165, 1.54) is 10.8 Å². The van der Waals surface area contributed by atoms with E-state index < -0.39 is 6.04 Å². The summed E-state index contributed by atoms with van der Waals surface area (Å²) < 4.78 is 12.0. The second kappa shape index (κ2) is 8.68. The van der Waals surface area contributed by atoms with Crippen molar-refractivity contribution in [3.63, 3.8) is 0 Å². The predicted molar refractivity (Wildman–Crippen MR) is 113 cm³/mol. The first kappa shape index (κ1) is 20.7. The molecule has 10 nitrogen and oxygen atoms in total. The molecule has 0 aliphatic carbocycles. The fourth-order valence-corrected chi connectivity index (χ4v) is 3.33. The van der Waals surface area contributed by atoms with Gasteiger partial charge in [0, 0.05) is 25.5 Å². The van der Waals surface area contributed by atoms with Crippen molar-refractivity contribution in [2.24, 2.45) is 0 Å². The summed E-state index contributed by atoms with van der Waals surface area (Å²) in [6.07, 6.45) is 3.19. The average molecular weight is 424 g/mol. The summed E-state index contributed by atoms with van der Waals surface area (Å²) in [4.78, 5) is 36.7. The molecule has 1 aliphatic heterocycles. The Morgan fingerprint density at radius 1 is 1.23 bits per heavy atom. The zero-order chi connectivity index (χ0) is 22.0. The number of pyridine rings is 2. The van der Waals surface area contributed by atoms with E-state index in [1.807, 2.05) is 17.9 Å². The lowest BCUT2D eigenvalue weighted by atomic mass is 10.2. The molecule has 1 saturated heterocycles. The number of carbonyl (C=O) groups excluding carboxylic acids is 1. The van der Waals surface area contributed by atoms with Gasteiger partial charge in [0.15, 0.2) is 5.82 Å². The third-order valence-electron chi connectivity index (χ3n) is 5.02. The molecule has 0 radical (unpaired) electrons. The van der Waals surface area contributed by atoms with Crippen molar-refractivity contribution in [1.82, 2.24) is 25.0 Å². The molecular formula is C21H24N6O4. The van der Waals surface area contributed by atoms with E-state index in [2.05, 4.69) is 20.4 Å². The smallest absolute Gasteiger partial charge is 0.279 e. The normalized spacial score (nSPS) is 15.0. The highest BCUT2D eigenvalue weighted by molar-refractivity contribution is 5.95. The Hall–Kier alpha value is -3.53. The molecule has 10 heteroatoms. The van der Waals surface area contributed by atoms with Crippen LogP contribution in [0.1, 0.15) is 40.6 Å². The molecule has 0 saturated carbocycles. The van der Waals surface area contributed by atoms with Gasteiger partial charge in [0.1, 0.15) is 17.5 Å². The van der Waals surface area contributed by atoms with Crippen molar-refractivity contribution < 1.29 is 14.1 Å². The minimum absolute atomic E-state index is 0.240. The first-order valence-corrected chi connectivity index (χ1v) is 10.1. The maximum atomic E-state index is 13.3. The van der Waals surface area contributed by atoms with E-state index >= 15 is 0 Å². The number of hydrogen-bond donors (Lipinski definition) is 1. The number of morpholine rings is 1. The summed E-state index contributed by atoms with van der Waals surface area (Å²) in [6.45, 7) is 7.56. The van der Waals surface area contributed by atoms with Gasteiger partial charge in [0.05, 0.1) is 18.8 Å². The van der Waals surface area contributed by atoms with Crippen LogP contribution in [0.5, 0.6) is 0 Å². The lowest BCUT2D eigenvalue weighted by Crippen LogP contribution is -2.41. The molecule has 1 atom stereocenters. The Bertz CT molecular complexity index is 1130. The molecule has 1 aliphatic rings. The van der Waals surface area contributed by atoms with Gasteiger partial charge >= 0.3 is 0 Å². The highest BCUT2D eigenvalue weighted by Gasteiger charge is 2.22. The number of aryl methyl sites for hydroxylation is 2. The van der Waals surface area contributed by atoms with Crippen molar-refractivity contribution in [1.29, 1.82) is 0 Å². The van der Waals surface area contributed by atoms with Crippen molar-refractivity contribution >= 4 is 11.6 Å². The number of rotatable bonds is 5. The van der Waals surface area contributed by atoms with Crippen LogP contribution in [0, 0.1) is 13.8 Å². The number of nitrogens with one attached hydrogen (secondary N) is 1. The van der Waals surface area contributed by atoms with Crippen LogP contribution in [-0.4, -0.2) is 51.9 Å². The number of hydrogen-bond acceptors (Lipinski definition) is 8. The Labute approximate surface area is 178 Å². The van der Waals surface area contributed by atoms with Crippen molar-refractivity contribution in [3.8, 4) is 5.82 Å². The first-order chi connectivity index (χ1) is 14.9. The number of amides is 1. The number of ether oxygens (including phenoxy) is 1. The van der Waals surface area contributed by atoms with Crippen LogP contribution in [0.15, 0.2) is 39.9 Å². The average Bonchev–Trinajstić information content (AvgIpc) is 3.21. The number of anilines is 1. The maximum absolute atomic E-state index is 13.3. The zero-order valence-electron chi connectivity index (χ0n) is 17.7. The Kier molecular flexibility index (Phi) is 5.81. The van der Waals surface area contributed by atoms with Gasteiger partial charge in [-0.1, -0.05) is 11.2 Å². The van der Waals surface area contributed by atoms with Gasteiger partial charge in [0.25, 0.3) is 11.5 Å². The lowest BCUT2D eigenvalue weighted by molar-refractivity contribution is 0.0932. The van der Waals surface area contributed by atoms with Gasteiger partial charge in [0.2, 0.25) is 5.89 Å². The standard InChI is InChI=1S/C21H24N6O4/c1-13-4-5-18(22-11-13)27-12-16(10-17(21(27)29)26-6-8-30-9-7-26)19(28)23-14(2)20-24-15(3)25-31-20/h4-5,10-12,14H,6-9H2,1-3H3,(H,23,28)/t14-/m1/s1. The molecule has 0 spiro atoms.